The Kier molecular flexibility index (Phi) is 5.43. The van der Waals surface area contributed by atoms with Gasteiger partial charge in [-0.2, -0.15) is 0 Å². The third-order valence-electron chi connectivity index (χ3n) is 4.18. The molecule has 0 radical (unpaired) electrons. The van der Waals surface area contributed by atoms with Gasteiger partial charge in [-0.05, 0) is 42.8 Å². The van der Waals surface area contributed by atoms with Crippen LogP contribution in [-0.4, -0.2) is 36.1 Å². The third kappa shape index (κ3) is 4.07. The van der Waals surface area contributed by atoms with E-state index in [1.807, 2.05) is 24.4 Å². The van der Waals surface area contributed by atoms with Crippen molar-refractivity contribution in [2.75, 3.05) is 26.2 Å². The summed E-state index contributed by atoms with van der Waals surface area (Å²) in [4.78, 5) is 7.07. The van der Waals surface area contributed by atoms with E-state index in [1.54, 1.807) is 0 Å². The highest BCUT2D eigenvalue weighted by Crippen LogP contribution is 2.27. The van der Waals surface area contributed by atoms with Crippen LogP contribution in [-0.2, 0) is 6.42 Å². The fourth-order valence-electron chi connectivity index (χ4n) is 3.07. The zero-order valence-electron chi connectivity index (χ0n) is 12.7. The Bertz CT molecular complexity index is 580. The highest BCUT2D eigenvalue weighted by molar-refractivity contribution is 6.30. The van der Waals surface area contributed by atoms with Gasteiger partial charge in [0.15, 0.2) is 0 Å². The van der Waals surface area contributed by atoms with Crippen molar-refractivity contribution in [3.05, 3.63) is 64.9 Å². The summed E-state index contributed by atoms with van der Waals surface area (Å²) in [5, 5.41) is 4.28. The summed E-state index contributed by atoms with van der Waals surface area (Å²) in [5.41, 5.74) is 2.41. The summed E-state index contributed by atoms with van der Waals surface area (Å²) in [7, 11) is 0. The van der Waals surface area contributed by atoms with Crippen molar-refractivity contribution in [1.29, 1.82) is 0 Å². The highest BCUT2D eigenvalue weighted by Gasteiger charge is 2.22. The molecular weight excluding hydrogens is 294 g/mol. The van der Waals surface area contributed by atoms with Gasteiger partial charge in [-0.25, -0.2) is 0 Å². The molecule has 1 saturated heterocycles. The minimum Gasteiger partial charge on any atom is -0.315 e. The molecule has 1 atom stereocenters. The van der Waals surface area contributed by atoms with E-state index >= 15 is 0 Å². The Morgan fingerprint density at radius 2 is 2.09 bits per heavy atom. The van der Waals surface area contributed by atoms with Gasteiger partial charge in [0.05, 0.1) is 0 Å². The maximum absolute atomic E-state index is 6.22. The fraction of sp³-hybridized carbons (Fsp3) is 0.389. The van der Waals surface area contributed by atoms with E-state index in [-0.39, 0.29) is 0 Å². The zero-order valence-corrected chi connectivity index (χ0v) is 13.5. The predicted molar refractivity (Wildman–Crippen MR) is 91.2 cm³/mol. The molecule has 1 N–H and O–H groups in total. The molecule has 2 aromatic rings. The predicted octanol–water partition coefficient (Wildman–Crippen LogP) is 3.31. The van der Waals surface area contributed by atoms with Crippen LogP contribution in [0.15, 0.2) is 48.7 Å². The molecular formula is C18H22ClN3. The third-order valence-corrected chi connectivity index (χ3v) is 4.41. The smallest absolute Gasteiger partial charge is 0.0422 e. The number of nitrogens with one attached hydrogen (secondary N) is 1. The van der Waals surface area contributed by atoms with Crippen LogP contribution in [0, 0.1) is 0 Å². The van der Waals surface area contributed by atoms with Gasteiger partial charge in [0.1, 0.15) is 0 Å². The number of hydrogen-bond acceptors (Lipinski definition) is 3. The van der Waals surface area contributed by atoms with Crippen LogP contribution < -0.4 is 5.32 Å². The maximum Gasteiger partial charge on any atom is 0.0422 e. The Morgan fingerprint density at radius 1 is 1.14 bits per heavy atom. The molecule has 0 aliphatic carbocycles. The SMILES string of the molecule is Clc1cccc(C(Cc2ccccn2)N2CCCNCC2)c1. The largest absolute Gasteiger partial charge is 0.315 e. The number of hydrogen-bond donors (Lipinski definition) is 1. The fourth-order valence-corrected chi connectivity index (χ4v) is 3.27. The lowest BCUT2D eigenvalue weighted by Crippen LogP contribution is -2.33. The van der Waals surface area contributed by atoms with Gasteiger partial charge < -0.3 is 5.32 Å². The van der Waals surface area contributed by atoms with Crippen LogP contribution in [0.5, 0.6) is 0 Å². The van der Waals surface area contributed by atoms with Crippen molar-refractivity contribution < 1.29 is 0 Å². The average Bonchev–Trinajstić information content (AvgIpc) is 2.83. The molecule has 4 heteroatoms. The molecule has 0 spiro atoms. The van der Waals surface area contributed by atoms with Gasteiger partial charge >= 0.3 is 0 Å². The van der Waals surface area contributed by atoms with Crippen molar-refractivity contribution in [3.8, 4) is 0 Å². The molecule has 1 aliphatic rings. The van der Waals surface area contributed by atoms with E-state index < -0.39 is 0 Å². The number of benzene rings is 1. The van der Waals surface area contributed by atoms with Crippen molar-refractivity contribution >= 4 is 11.6 Å². The van der Waals surface area contributed by atoms with Gasteiger partial charge in [-0.1, -0.05) is 29.8 Å². The van der Waals surface area contributed by atoms with Crippen molar-refractivity contribution in [2.45, 2.75) is 18.9 Å². The Balaban J connectivity index is 1.87. The van der Waals surface area contributed by atoms with E-state index in [0.717, 1.165) is 43.3 Å². The first-order chi connectivity index (χ1) is 10.8. The Morgan fingerprint density at radius 3 is 2.91 bits per heavy atom. The number of nitrogens with zero attached hydrogens (tertiary/aromatic N) is 2. The van der Waals surface area contributed by atoms with Gasteiger partial charge in [0, 0.05) is 49.0 Å². The van der Waals surface area contributed by atoms with Crippen LogP contribution in [0.3, 0.4) is 0 Å². The van der Waals surface area contributed by atoms with Crippen LogP contribution in [0.2, 0.25) is 5.02 Å². The van der Waals surface area contributed by atoms with Gasteiger partial charge in [0.25, 0.3) is 0 Å². The monoisotopic (exact) mass is 315 g/mol. The average molecular weight is 316 g/mol. The summed E-state index contributed by atoms with van der Waals surface area (Å²) in [6, 6.07) is 14.7. The lowest BCUT2D eigenvalue weighted by atomic mass is 9.99. The van der Waals surface area contributed by atoms with E-state index in [2.05, 4.69) is 39.5 Å². The first kappa shape index (κ1) is 15.5. The maximum atomic E-state index is 6.22. The van der Waals surface area contributed by atoms with Crippen LogP contribution in [0.25, 0.3) is 0 Å². The number of pyridine rings is 1. The molecule has 3 rings (SSSR count). The molecule has 1 fully saturated rings. The lowest BCUT2D eigenvalue weighted by molar-refractivity contribution is 0.208. The number of rotatable bonds is 4. The van der Waals surface area contributed by atoms with E-state index in [0.29, 0.717) is 6.04 Å². The normalized spacial score (nSPS) is 17.9. The molecule has 0 amide bonds. The Labute approximate surface area is 137 Å². The highest BCUT2D eigenvalue weighted by atomic mass is 35.5. The second kappa shape index (κ2) is 7.73. The van der Waals surface area contributed by atoms with Gasteiger partial charge in [0.2, 0.25) is 0 Å². The second-order valence-electron chi connectivity index (χ2n) is 5.74. The summed E-state index contributed by atoms with van der Waals surface area (Å²) in [6.45, 7) is 4.31. The summed E-state index contributed by atoms with van der Waals surface area (Å²) in [6.07, 6.45) is 3.97. The summed E-state index contributed by atoms with van der Waals surface area (Å²) < 4.78 is 0. The van der Waals surface area contributed by atoms with Crippen molar-refractivity contribution in [2.24, 2.45) is 0 Å². The minimum absolute atomic E-state index is 0.327. The number of aromatic nitrogens is 1. The molecule has 0 saturated carbocycles. The van der Waals surface area contributed by atoms with Crippen molar-refractivity contribution in [3.63, 3.8) is 0 Å². The van der Waals surface area contributed by atoms with E-state index in [4.69, 9.17) is 11.6 Å². The van der Waals surface area contributed by atoms with Crippen LogP contribution in [0.1, 0.15) is 23.7 Å². The molecule has 1 aliphatic heterocycles. The molecule has 3 nitrogen and oxygen atoms in total. The second-order valence-corrected chi connectivity index (χ2v) is 6.17. The molecule has 1 aromatic carbocycles. The standard InChI is InChI=1S/C18H22ClN3/c19-16-6-3-5-15(13-16)18(14-17-7-1-2-9-21-17)22-11-4-8-20-10-12-22/h1-3,5-7,9,13,18,20H,4,8,10-12,14H2. The van der Waals surface area contributed by atoms with Gasteiger partial charge in [-0.3, -0.25) is 9.88 Å². The molecule has 116 valence electrons. The van der Waals surface area contributed by atoms with Crippen molar-refractivity contribution in [1.82, 2.24) is 15.2 Å². The van der Waals surface area contributed by atoms with E-state index in [1.165, 1.54) is 12.0 Å². The molecule has 1 aromatic heterocycles. The number of halogens is 1. The Hall–Kier alpha value is -1.42. The first-order valence-electron chi connectivity index (χ1n) is 7.93. The first-order valence-corrected chi connectivity index (χ1v) is 8.31. The van der Waals surface area contributed by atoms with Crippen LogP contribution >= 0.6 is 11.6 Å². The molecule has 1 unspecified atom stereocenters. The lowest BCUT2D eigenvalue weighted by Gasteiger charge is -2.31. The molecule has 0 bridgehead atoms. The molecule has 22 heavy (non-hydrogen) atoms. The minimum atomic E-state index is 0.327. The summed E-state index contributed by atoms with van der Waals surface area (Å²) >= 11 is 6.22. The quantitative estimate of drug-likeness (QED) is 0.938. The van der Waals surface area contributed by atoms with Gasteiger partial charge in [-0.15, -0.1) is 0 Å². The molecule has 2 heterocycles. The zero-order chi connectivity index (χ0) is 15.2. The topological polar surface area (TPSA) is 28.2 Å². The van der Waals surface area contributed by atoms with Crippen LogP contribution in [0.4, 0.5) is 0 Å². The van der Waals surface area contributed by atoms with E-state index in [9.17, 15) is 0 Å². The summed E-state index contributed by atoms with van der Waals surface area (Å²) in [5.74, 6) is 0.